The average Bonchev–Trinajstić information content (AvgIpc) is 2.71. The Balaban J connectivity index is 2.40. The maximum atomic E-state index is 11.8. The third-order valence-corrected chi connectivity index (χ3v) is 2.59. The van der Waals surface area contributed by atoms with Crippen LogP contribution >= 0.6 is 0 Å². The summed E-state index contributed by atoms with van der Waals surface area (Å²) in [6.07, 6.45) is 2.67. The van der Waals surface area contributed by atoms with Crippen LogP contribution in [0.15, 0.2) is 23.6 Å². The summed E-state index contributed by atoms with van der Waals surface area (Å²) in [5.74, 6) is 0.177. The molecule has 7 nitrogen and oxygen atoms in total. The Labute approximate surface area is 103 Å². The number of nitrogens with zero attached hydrogens (tertiary/aromatic N) is 4. The average molecular weight is 247 g/mol. The summed E-state index contributed by atoms with van der Waals surface area (Å²) in [7, 11) is 3.31. The van der Waals surface area contributed by atoms with E-state index in [0.29, 0.717) is 16.9 Å². The molecule has 7 heteroatoms. The molecule has 0 aliphatic rings. The highest BCUT2D eigenvalue weighted by molar-refractivity contribution is 5.86. The van der Waals surface area contributed by atoms with Crippen LogP contribution in [-0.4, -0.2) is 37.6 Å². The molecular formula is C11H13N5O2. The van der Waals surface area contributed by atoms with E-state index in [1.807, 2.05) is 0 Å². The summed E-state index contributed by atoms with van der Waals surface area (Å²) in [6, 6.07) is 0. The summed E-state index contributed by atoms with van der Waals surface area (Å²) in [5.41, 5.74) is 0.232. The zero-order valence-corrected chi connectivity index (χ0v) is 10.2. The fourth-order valence-corrected chi connectivity index (χ4v) is 1.61. The molecule has 1 N–H and O–H groups in total. The Hall–Kier alpha value is -2.44. The van der Waals surface area contributed by atoms with Crippen molar-refractivity contribution in [2.75, 3.05) is 7.05 Å². The number of likely N-dealkylation sites (N-methyl/N-ethyl adjacent to an activating group) is 1. The standard InChI is InChI=1S/C11H13N5O2/c1-4-9(17)15(2)6-8-13-10-7(11(18)14-8)5-12-16(10)3/h4-5H,1,6H2,2-3H3,(H,13,14,18). The van der Waals surface area contributed by atoms with Crippen LogP contribution in [0.5, 0.6) is 0 Å². The number of aromatic amines is 1. The lowest BCUT2D eigenvalue weighted by atomic mass is 10.4. The van der Waals surface area contributed by atoms with Crippen molar-refractivity contribution in [1.29, 1.82) is 0 Å². The minimum Gasteiger partial charge on any atom is -0.335 e. The van der Waals surface area contributed by atoms with Gasteiger partial charge in [-0.1, -0.05) is 6.58 Å². The summed E-state index contributed by atoms with van der Waals surface area (Å²) >= 11 is 0. The number of fused-ring (bicyclic) bond motifs is 1. The Morgan fingerprint density at radius 3 is 3.06 bits per heavy atom. The van der Waals surface area contributed by atoms with Gasteiger partial charge >= 0.3 is 0 Å². The van der Waals surface area contributed by atoms with E-state index in [-0.39, 0.29) is 18.0 Å². The lowest BCUT2D eigenvalue weighted by molar-refractivity contribution is -0.125. The number of amides is 1. The highest BCUT2D eigenvalue weighted by Gasteiger charge is 2.11. The second-order valence-electron chi connectivity index (χ2n) is 3.92. The summed E-state index contributed by atoms with van der Waals surface area (Å²) in [6.45, 7) is 3.61. The Morgan fingerprint density at radius 1 is 1.67 bits per heavy atom. The van der Waals surface area contributed by atoms with Crippen LogP contribution in [0.25, 0.3) is 11.0 Å². The van der Waals surface area contributed by atoms with Crippen LogP contribution in [0.1, 0.15) is 5.82 Å². The van der Waals surface area contributed by atoms with Crippen LogP contribution in [0.4, 0.5) is 0 Å². The van der Waals surface area contributed by atoms with Crippen LogP contribution in [0.3, 0.4) is 0 Å². The number of hydrogen-bond acceptors (Lipinski definition) is 4. The van der Waals surface area contributed by atoms with Gasteiger partial charge in [-0.05, 0) is 6.08 Å². The molecule has 2 rings (SSSR count). The van der Waals surface area contributed by atoms with Crippen molar-refractivity contribution in [2.24, 2.45) is 7.05 Å². The summed E-state index contributed by atoms with van der Waals surface area (Å²) < 4.78 is 1.52. The van der Waals surface area contributed by atoms with Gasteiger partial charge in [-0.2, -0.15) is 5.10 Å². The summed E-state index contributed by atoms with van der Waals surface area (Å²) in [4.78, 5) is 31.4. The molecule has 0 saturated carbocycles. The van der Waals surface area contributed by atoms with Crippen LogP contribution in [-0.2, 0) is 18.4 Å². The first-order valence-corrected chi connectivity index (χ1v) is 5.31. The molecular weight excluding hydrogens is 234 g/mol. The maximum Gasteiger partial charge on any atom is 0.262 e. The molecule has 0 bridgehead atoms. The molecule has 2 aromatic rings. The van der Waals surface area contributed by atoms with Crippen molar-refractivity contribution in [2.45, 2.75) is 6.54 Å². The van der Waals surface area contributed by atoms with Crippen molar-refractivity contribution >= 4 is 16.9 Å². The van der Waals surface area contributed by atoms with E-state index < -0.39 is 0 Å². The normalized spacial score (nSPS) is 10.6. The van der Waals surface area contributed by atoms with Crippen LogP contribution < -0.4 is 5.56 Å². The van der Waals surface area contributed by atoms with Gasteiger partial charge in [0.15, 0.2) is 5.65 Å². The first-order valence-electron chi connectivity index (χ1n) is 5.31. The third kappa shape index (κ3) is 2.02. The van der Waals surface area contributed by atoms with Gasteiger partial charge < -0.3 is 9.88 Å². The van der Waals surface area contributed by atoms with Crippen molar-refractivity contribution in [3.8, 4) is 0 Å². The van der Waals surface area contributed by atoms with Gasteiger partial charge in [0.25, 0.3) is 5.56 Å². The zero-order chi connectivity index (χ0) is 13.3. The fourth-order valence-electron chi connectivity index (χ4n) is 1.61. The SMILES string of the molecule is C=CC(=O)N(C)Cc1nc2c(cnn2C)c(=O)[nH]1. The Bertz CT molecular complexity index is 670. The Morgan fingerprint density at radius 2 is 2.39 bits per heavy atom. The molecule has 0 saturated heterocycles. The lowest BCUT2D eigenvalue weighted by Gasteiger charge is -2.13. The van der Waals surface area contributed by atoms with Gasteiger partial charge in [-0.15, -0.1) is 0 Å². The number of rotatable bonds is 3. The lowest BCUT2D eigenvalue weighted by Crippen LogP contribution is -2.26. The number of H-pyrrole nitrogens is 1. The van der Waals surface area contributed by atoms with E-state index in [1.165, 1.54) is 21.9 Å². The number of nitrogens with one attached hydrogen (secondary N) is 1. The van der Waals surface area contributed by atoms with Gasteiger partial charge in [0.05, 0.1) is 12.7 Å². The second-order valence-corrected chi connectivity index (χ2v) is 3.92. The molecule has 0 aliphatic carbocycles. The first-order chi connectivity index (χ1) is 8.52. The predicted molar refractivity (Wildman–Crippen MR) is 65.8 cm³/mol. The van der Waals surface area contributed by atoms with Crippen molar-refractivity contribution in [3.63, 3.8) is 0 Å². The monoisotopic (exact) mass is 247 g/mol. The van der Waals surface area contributed by atoms with Crippen LogP contribution in [0, 0.1) is 0 Å². The Kier molecular flexibility index (Phi) is 2.97. The molecule has 94 valence electrons. The molecule has 0 radical (unpaired) electrons. The van der Waals surface area contributed by atoms with Gasteiger partial charge in [-0.3, -0.25) is 14.3 Å². The maximum absolute atomic E-state index is 11.8. The van der Waals surface area contributed by atoms with E-state index in [4.69, 9.17) is 0 Å². The quantitative estimate of drug-likeness (QED) is 0.761. The van der Waals surface area contributed by atoms with Gasteiger partial charge in [-0.25, -0.2) is 4.98 Å². The fraction of sp³-hybridized carbons (Fsp3) is 0.273. The number of aryl methyl sites for hydroxylation is 1. The summed E-state index contributed by atoms with van der Waals surface area (Å²) in [5, 5.41) is 4.40. The molecule has 2 aromatic heterocycles. The number of hydrogen-bond donors (Lipinski definition) is 1. The molecule has 0 aromatic carbocycles. The largest absolute Gasteiger partial charge is 0.335 e. The molecule has 0 aliphatic heterocycles. The van der Waals surface area contributed by atoms with E-state index in [1.54, 1.807) is 14.1 Å². The predicted octanol–water partition coefficient (Wildman–Crippen LogP) is -0.199. The molecule has 0 fully saturated rings. The van der Waals surface area contributed by atoms with Crippen LogP contribution in [0.2, 0.25) is 0 Å². The van der Waals surface area contributed by atoms with Gasteiger partial charge in [0.2, 0.25) is 5.91 Å². The van der Waals surface area contributed by atoms with Crippen molar-refractivity contribution in [1.82, 2.24) is 24.6 Å². The molecule has 2 heterocycles. The minimum absolute atomic E-state index is 0.210. The number of carbonyl (C=O) groups excluding carboxylic acids is 1. The molecule has 1 amide bonds. The van der Waals surface area contributed by atoms with E-state index in [2.05, 4.69) is 21.6 Å². The van der Waals surface area contributed by atoms with E-state index in [9.17, 15) is 9.59 Å². The topological polar surface area (TPSA) is 83.9 Å². The number of aromatic nitrogens is 4. The van der Waals surface area contributed by atoms with Crippen molar-refractivity contribution < 1.29 is 4.79 Å². The first kappa shape index (κ1) is 12.0. The molecule has 18 heavy (non-hydrogen) atoms. The smallest absolute Gasteiger partial charge is 0.262 e. The second kappa shape index (κ2) is 4.44. The third-order valence-electron chi connectivity index (χ3n) is 2.59. The van der Waals surface area contributed by atoms with E-state index >= 15 is 0 Å². The molecule has 0 unspecified atom stereocenters. The highest BCUT2D eigenvalue weighted by atomic mass is 16.2. The number of carbonyl (C=O) groups is 1. The van der Waals surface area contributed by atoms with E-state index in [0.717, 1.165) is 0 Å². The van der Waals surface area contributed by atoms with Gasteiger partial charge in [0, 0.05) is 14.1 Å². The zero-order valence-electron chi connectivity index (χ0n) is 10.2. The van der Waals surface area contributed by atoms with Gasteiger partial charge in [0.1, 0.15) is 11.2 Å². The van der Waals surface area contributed by atoms with Crippen molar-refractivity contribution in [3.05, 3.63) is 35.0 Å². The molecule has 0 atom stereocenters. The highest BCUT2D eigenvalue weighted by Crippen LogP contribution is 2.05. The molecule has 0 spiro atoms. The minimum atomic E-state index is -0.262.